The summed E-state index contributed by atoms with van der Waals surface area (Å²) in [6.45, 7) is 10.1. The lowest BCUT2D eigenvalue weighted by molar-refractivity contribution is 0.378. The summed E-state index contributed by atoms with van der Waals surface area (Å²) in [5.41, 5.74) is 2.80. The monoisotopic (exact) mass is 263 g/mol. The molecule has 19 heavy (non-hydrogen) atoms. The van der Waals surface area contributed by atoms with Gasteiger partial charge in [0.15, 0.2) is 0 Å². The first-order valence-corrected chi connectivity index (χ1v) is 8.07. The maximum absolute atomic E-state index is 4.84. The number of aromatic nitrogens is 2. The minimum atomic E-state index is 0.818. The third-order valence-electron chi connectivity index (χ3n) is 4.37. The Morgan fingerprint density at radius 2 is 2.16 bits per heavy atom. The van der Waals surface area contributed by atoms with Crippen LogP contribution in [0.15, 0.2) is 0 Å². The summed E-state index contributed by atoms with van der Waals surface area (Å²) in [6, 6.07) is 0. The molecule has 3 nitrogen and oxygen atoms in total. The van der Waals surface area contributed by atoms with E-state index in [2.05, 4.69) is 30.7 Å². The molecule has 1 atom stereocenters. The molecule has 2 heterocycles. The molecular weight excluding hydrogens is 234 g/mol. The number of nitrogens with one attached hydrogen (secondary N) is 1. The molecule has 108 valence electrons. The first kappa shape index (κ1) is 14.6. The molecule has 1 unspecified atom stereocenters. The van der Waals surface area contributed by atoms with Gasteiger partial charge in [0.25, 0.3) is 0 Å². The van der Waals surface area contributed by atoms with E-state index >= 15 is 0 Å². The standard InChI is InChI=1S/C16H29N3/c1-4-7-8-13(5-2)12-19-15-9-10-17-11-14(15)18-16(19)6-3/h13,17H,4-12H2,1-3H3. The Morgan fingerprint density at radius 3 is 2.84 bits per heavy atom. The third kappa shape index (κ3) is 3.38. The quantitative estimate of drug-likeness (QED) is 0.818. The van der Waals surface area contributed by atoms with Gasteiger partial charge in [0, 0.05) is 38.2 Å². The van der Waals surface area contributed by atoms with Gasteiger partial charge in [-0.1, -0.05) is 40.0 Å². The van der Waals surface area contributed by atoms with Gasteiger partial charge in [-0.3, -0.25) is 0 Å². The zero-order chi connectivity index (χ0) is 13.7. The first-order chi connectivity index (χ1) is 9.30. The molecule has 2 rings (SSSR count). The van der Waals surface area contributed by atoms with Crippen molar-refractivity contribution in [2.45, 2.75) is 72.4 Å². The lowest BCUT2D eigenvalue weighted by Crippen LogP contribution is -2.26. The topological polar surface area (TPSA) is 29.9 Å². The highest BCUT2D eigenvalue weighted by Gasteiger charge is 2.20. The fourth-order valence-corrected chi connectivity index (χ4v) is 3.09. The van der Waals surface area contributed by atoms with Crippen molar-refractivity contribution in [3.8, 4) is 0 Å². The van der Waals surface area contributed by atoms with Crippen molar-refractivity contribution in [3.63, 3.8) is 0 Å². The van der Waals surface area contributed by atoms with Crippen LogP contribution in [0.3, 0.4) is 0 Å². The number of unbranched alkanes of at least 4 members (excludes halogenated alkanes) is 1. The summed E-state index contributed by atoms with van der Waals surface area (Å²) in [7, 11) is 0. The van der Waals surface area contributed by atoms with E-state index in [1.54, 1.807) is 0 Å². The van der Waals surface area contributed by atoms with Gasteiger partial charge in [0.2, 0.25) is 0 Å². The molecule has 0 aromatic carbocycles. The summed E-state index contributed by atoms with van der Waals surface area (Å²) < 4.78 is 2.54. The van der Waals surface area contributed by atoms with Crippen molar-refractivity contribution >= 4 is 0 Å². The lowest BCUT2D eigenvalue weighted by Gasteiger charge is -2.21. The fourth-order valence-electron chi connectivity index (χ4n) is 3.09. The normalized spacial score (nSPS) is 16.4. The third-order valence-corrected chi connectivity index (χ3v) is 4.37. The van der Waals surface area contributed by atoms with Gasteiger partial charge in [-0.25, -0.2) is 4.98 Å². The van der Waals surface area contributed by atoms with E-state index in [1.165, 1.54) is 49.4 Å². The van der Waals surface area contributed by atoms with Crippen molar-refractivity contribution in [2.75, 3.05) is 6.54 Å². The molecule has 0 spiro atoms. The molecule has 1 aromatic heterocycles. The van der Waals surface area contributed by atoms with Gasteiger partial charge in [0.05, 0.1) is 5.69 Å². The first-order valence-electron chi connectivity index (χ1n) is 8.07. The van der Waals surface area contributed by atoms with E-state index in [0.29, 0.717) is 0 Å². The Kier molecular flexibility index (Phi) is 5.44. The zero-order valence-electron chi connectivity index (χ0n) is 12.8. The molecule has 0 aliphatic carbocycles. The van der Waals surface area contributed by atoms with Gasteiger partial charge >= 0.3 is 0 Å². The number of imidazole rings is 1. The number of nitrogens with zero attached hydrogens (tertiary/aromatic N) is 2. The highest BCUT2D eigenvalue weighted by Crippen LogP contribution is 2.22. The van der Waals surface area contributed by atoms with Crippen LogP contribution in [-0.4, -0.2) is 16.1 Å². The van der Waals surface area contributed by atoms with Crippen LogP contribution in [-0.2, 0) is 25.9 Å². The molecule has 0 radical (unpaired) electrons. The SMILES string of the molecule is CCCCC(CC)Cn1c(CC)nc2c1CCNC2. The number of hydrogen-bond acceptors (Lipinski definition) is 2. The average Bonchev–Trinajstić information content (AvgIpc) is 2.81. The van der Waals surface area contributed by atoms with E-state index in [0.717, 1.165) is 31.8 Å². The fraction of sp³-hybridized carbons (Fsp3) is 0.812. The van der Waals surface area contributed by atoms with Crippen LogP contribution < -0.4 is 5.32 Å². The van der Waals surface area contributed by atoms with Gasteiger partial charge < -0.3 is 9.88 Å². The molecule has 1 aliphatic rings. The van der Waals surface area contributed by atoms with Crippen LogP contribution in [0.5, 0.6) is 0 Å². The predicted octanol–water partition coefficient (Wildman–Crippen LogP) is 3.31. The number of rotatable bonds is 7. The second-order valence-corrected chi connectivity index (χ2v) is 5.73. The van der Waals surface area contributed by atoms with Crippen molar-refractivity contribution in [3.05, 3.63) is 17.2 Å². The van der Waals surface area contributed by atoms with Crippen LogP contribution in [0.25, 0.3) is 0 Å². The van der Waals surface area contributed by atoms with Crippen molar-refractivity contribution < 1.29 is 0 Å². The van der Waals surface area contributed by atoms with E-state index < -0.39 is 0 Å². The molecule has 0 saturated carbocycles. The minimum absolute atomic E-state index is 0.818. The highest BCUT2D eigenvalue weighted by molar-refractivity contribution is 5.20. The smallest absolute Gasteiger partial charge is 0.108 e. The molecule has 3 heteroatoms. The molecule has 1 aromatic rings. The van der Waals surface area contributed by atoms with Gasteiger partial charge in [0.1, 0.15) is 5.82 Å². The molecule has 1 aliphatic heterocycles. The Balaban J connectivity index is 2.15. The molecule has 0 saturated heterocycles. The van der Waals surface area contributed by atoms with Crippen molar-refractivity contribution in [1.82, 2.24) is 14.9 Å². The van der Waals surface area contributed by atoms with Gasteiger partial charge in [-0.05, 0) is 12.3 Å². The van der Waals surface area contributed by atoms with Crippen LogP contribution in [0.4, 0.5) is 0 Å². The maximum Gasteiger partial charge on any atom is 0.108 e. The van der Waals surface area contributed by atoms with Crippen molar-refractivity contribution in [1.29, 1.82) is 0 Å². The molecule has 0 fully saturated rings. The van der Waals surface area contributed by atoms with E-state index in [-0.39, 0.29) is 0 Å². The average molecular weight is 263 g/mol. The van der Waals surface area contributed by atoms with Gasteiger partial charge in [-0.2, -0.15) is 0 Å². The van der Waals surface area contributed by atoms with Crippen LogP contribution in [0.2, 0.25) is 0 Å². The Labute approximate surface area is 117 Å². The molecular formula is C16H29N3. The maximum atomic E-state index is 4.84. The van der Waals surface area contributed by atoms with Crippen LogP contribution in [0.1, 0.15) is 63.7 Å². The number of fused-ring (bicyclic) bond motifs is 1. The Bertz CT molecular complexity index is 395. The van der Waals surface area contributed by atoms with Gasteiger partial charge in [-0.15, -0.1) is 0 Å². The van der Waals surface area contributed by atoms with E-state index in [1.807, 2.05) is 0 Å². The summed E-state index contributed by atoms with van der Waals surface area (Å²) in [4.78, 5) is 4.84. The second kappa shape index (κ2) is 7.09. The second-order valence-electron chi connectivity index (χ2n) is 5.73. The summed E-state index contributed by atoms with van der Waals surface area (Å²) in [5, 5.41) is 3.43. The summed E-state index contributed by atoms with van der Waals surface area (Å²) in [6.07, 6.45) is 7.51. The zero-order valence-corrected chi connectivity index (χ0v) is 12.8. The summed E-state index contributed by atoms with van der Waals surface area (Å²) >= 11 is 0. The molecule has 0 bridgehead atoms. The summed E-state index contributed by atoms with van der Waals surface area (Å²) in [5.74, 6) is 2.11. The molecule has 0 amide bonds. The van der Waals surface area contributed by atoms with Crippen LogP contribution >= 0.6 is 0 Å². The number of hydrogen-bond donors (Lipinski definition) is 1. The van der Waals surface area contributed by atoms with Crippen molar-refractivity contribution in [2.24, 2.45) is 5.92 Å². The highest BCUT2D eigenvalue weighted by atomic mass is 15.1. The van der Waals surface area contributed by atoms with Crippen LogP contribution in [0, 0.1) is 5.92 Å². The predicted molar refractivity (Wildman–Crippen MR) is 80.3 cm³/mol. The largest absolute Gasteiger partial charge is 0.331 e. The minimum Gasteiger partial charge on any atom is -0.331 e. The van der Waals surface area contributed by atoms with E-state index in [4.69, 9.17) is 4.98 Å². The number of aryl methyl sites for hydroxylation is 1. The van der Waals surface area contributed by atoms with E-state index in [9.17, 15) is 0 Å². The Hall–Kier alpha value is -0.830. The molecule has 1 N–H and O–H groups in total. The lowest BCUT2D eigenvalue weighted by atomic mass is 9.99. The Morgan fingerprint density at radius 1 is 1.32 bits per heavy atom.